The minimum absolute atomic E-state index is 0.0748. The summed E-state index contributed by atoms with van der Waals surface area (Å²) in [5.41, 5.74) is 0.750. The van der Waals surface area contributed by atoms with Crippen LogP contribution in [-0.2, 0) is 0 Å². The summed E-state index contributed by atoms with van der Waals surface area (Å²) < 4.78 is 27.8. The number of hydrogen-bond acceptors (Lipinski definition) is 1. The van der Waals surface area contributed by atoms with Crippen molar-refractivity contribution in [3.8, 4) is 0 Å². The third kappa shape index (κ3) is 3.14. The maximum Gasteiger partial charge on any atom is 0.137 e. The highest BCUT2D eigenvalue weighted by Crippen LogP contribution is 2.33. The monoisotopic (exact) mass is 379 g/mol. The fourth-order valence-corrected chi connectivity index (χ4v) is 2.70. The summed E-state index contributed by atoms with van der Waals surface area (Å²) in [7, 11) is 1.64. The normalized spacial score (nSPS) is 12.5. The molecular formula is C14H10BrCl2F2N. The zero-order valence-corrected chi connectivity index (χ0v) is 13.5. The molecule has 0 aliphatic carbocycles. The number of hydrogen-bond donors (Lipinski definition) is 1. The second-order valence-electron chi connectivity index (χ2n) is 4.18. The predicted octanol–water partition coefficient (Wildman–Crippen LogP) is 5.34. The zero-order chi connectivity index (χ0) is 14.9. The molecule has 2 aromatic rings. The third-order valence-corrected chi connectivity index (χ3v) is 4.10. The highest BCUT2D eigenvalue weighted by Gasteiger charge is 2.21. The van der Waals surface area contributed by atoms with Gasteiger partial charge in [0, 0.05) is 15.6 Å². The molecule has 2 rings (SSSR count). The van der Waals surface area contributed by atoms with Crippen LogP contribution in [0.25, 0.3) is 0 Å². The van der Waals surface area contributed by atoms with Crippen LogP contribution in [0.4, 0.5) is 8.78 Å². The van der Waals surface area contributed by atoms with Gasteiger partial charge >= 0.3 is 0 Å². The SMILES string of the molecule is CNC(c1cc(F)c(Br)cc1F)c1cc(Cl)ccc1Cl. The van der Waals surface area contributed by atoms with Crippen molar-refractivity contribution < 1.29 is 8.78 Å². The standard InChI is InChI=1S/C14H10BrCl2F2N/c1-20-14(8-4-7(16)2-3-11(8)17)9-5-13(19)10(15)6-12(9)18/h2-6,14,20H,1H3. The summed E-state index contributed by atoms with van der Waals surface area (Å²) in [6, 6.07) is 6.52. The van der Waals surface area contributed by atoms with Gasteiger partial charge < -0.3 is 5.32 Å². The Morgan fingerprint density at radius 3 is 2.40 bits per heavy atom. The van der Waals surface area contributed by atoms with Gasteiger partial charge in [0.1, 0.15) is 11.6 Å². The Balaban J connectivity index is 2.58. The third-order valence-electron chi connectivity index (χ3n) is 2.91. The second kappa shape index (κ2) is 6.39. The van der Waals surface area contributed by atoms with Gasteiger partial charge in [0.2, 0.25) is 0 Å². The van der Waals surface area contributed by atoms with Crippen molar-refractivity contribution in [2.45, 2.75) is 6.04 Å². The summed E-state index contributed by atoms with van der Waals surface area (Å²) in [5, 5.41) is 3.83. The molecule has 0 heterocycles. The minimum Gasteiger partial charge on any atom is -0.309 e. The Hall–Kier alpha value is -0.680. The first kappa shape index (κ1) is 15.7. The summed E-state index contributed by atoms with van der Waals surface area (Å²) in [6.45, 7) is 0. The van der Waals surface area contributed by atoms with Crippen LogP contribution in [0.15, 0.2) is 34.8 Å². The summed E-state index contributed by atoms with van der Waals surface area (Å²) in [4.78, 5) is 0. The van der Waals surface area contributed by atoms with Crippen molar-refractivity contribution in [2.75, 3.05) is 7.05 Å². The van der Waals surface area contributed by atoms with Gasteiger partial charge in [-0.15, -0.1) is 0 Å². The highest BCUT2D eigenvalue weighted by atomic mass is 79.9. The maximum absolute atomic E-state index is 14.1. The van der Waals surface area contributed by atoms with Gasteiger partial charge in [-0.25, -0.2) is 8.78 Å². The van der Waals surface area contributed by atoms with Crippen molar-refractivity contribution in [2.24, 2.45) is 0 Å². The van der Waals surface area contributed by atoms with Crippen LogP contribution in [0.3, 0.4) is 0 Å². The molecule has 0 aromatic heterocycles. The number of benzene rings is 2. The quantitative estimate of drug-likeness (QED) is 0.708. The van der Waals surface area contributed by atoms with E-state index in [2.05, 4.69) is 21.2 Å². The Bertz CT molecular complexity index is 649. The second-order valence-corrected chi connectivity index (χ2v) is 5.87. The topological polar surface area (TPSA) is 12.0 Å². The molecule has 0 spiro atoms. The molecule has 0 fully saturated rings. The molecule has 0 amide bonds. The van der Waals surface area contributed by atoms with Crippen LogP contribution in [0.2, 0.25) is 10.0 Å². The molecule has 6 heteroatoms. The van der Waals surface area contributed by atoms with Gasteiger partial charge in [-0.05, 0) is 58.9 Å². The van der Waals surface area contributed by atoms with Gasteiger partial charge in [-0.3, -0.25) is 0 Å². The molecule has 0 saturated carbocycles. The van der Waals surface area contributed by atoms with Gasteiger partial charge in [0.05, 0.1) is 10.5 Å². The summed E-state index contributed by atoms with van der Waals surface area (Å²) in [5.74, 6) is -1.08. The van der Waals surface area contributed by atoms with Crippen LogP contribution in [-0.4, -0.2) is 7.05 Å². The van der Waals surface area contributed by atoms with E-state index in [1.807, 2.05) is 0 Å². The minimum atomic E-state index is -0.594. The van der Waals surface area contributed by atoms with E-state index < -0.39 is 17.7 Å². The molecule has 106 valence electrons. The average molecular weight is 381 g/mol. The maximum atomic E-state index is 14.1. The average Bonchev–Trinajstić information content (AvgIpc) is 2.40. The molecule has 0 aliphatic heterocycles. The van der Waals surface area contributed by atoms with E-state index in [-0.39, 0.29) is 10.0 Å². The molecule has 0 bridgehead atoms. The van der Waals surface area contributed by atoms with Crippen molar-refractivity contribution in [3.63, 3.8) is 0 Å². The first-order chi connectivity index (χ1) is 9.43. The first-order valence-corrected chi connectivity index (χ1v) is 7.25. The molecule has 0 radical (unpaired) electrons. The smallest absolute Gasteiger partial charge is 0.137 e. The Kier molecular flexibility index (Phi) is 5.02. The van der Waals surface area contributed by atoms with Gasteiger partial charge in [-0.2, -0.15) is 0 Å². The van der Waals surface area contributed by atoms with Crippen molar-refractivity contribution >= 4 is 39.1 Å². The first-order valence-electron chi connectivity index (χ1n) is 5.70. The molecular weight excluding hydrogens is 371 g/mol. The molecule has 2 aromatic carbocycles. The fraction of sp³-hybridized carbons (Fsp3) is 0.143. The molecule has 1 unspecified atom stereocenters. The van der Waals surface area contributed by atoms with Crippen LogP contribution in [0, 0.1) is 11.6 Å². The van der Waals surface area contributed by atoms with Gasteiger partial charge in [0.25, 0.3) is 0 Å². The Morgan fingerprint density at radius 1 is 1.05 bits per heavy atom. The highest BCUT2D eigenvalue weighted by molar-refractivity contribution is 9.10. The van der Waals surface area contributed by atoms with Crippen LogP contribution < -0.4 is 5.32 Å². The van der Waals surface area contributed by atoms with E-state index in [0.29, 0.717) is 15.6 Å². The van der Waals surface area contributed by atoms with Crippen molar-refractivity contribution in [1.82, 2.24) is 5.32 Å². The predicted molar refractivity (Wildman–Crippen MR) is 81.4 cm³/mol. The summed E-state index contributed by atoms with van der Waals surface area (Å²) in [6.07, 6.45) is 0. The van der Waals surface area contributed by atoms with E-state index in [1.54, 1.807) is 25.2 Å². The van der Waals surface area contributed by atoms with Crippen LogP contribution >= 0.6 is 39.1 Å². The Morgan fingerprint density at radius 2 is 1.75 bits per heavy atom. The molecule has 1 atom stereocenters. The van der Waals surface area contributed by atoms with E-state index in [1.165, 1.54) is 0 Å². The molecule has 20 heavy (non-hydrogen) atoms. The lowest BCUT2D eigenvalue weighted by Gasteiger charge is -2.20. The van der Waals surface area contributed by atoms with E-state index in [0.717, 1.165) is 12.1 Å². The molecule has 0 aliphatic rings. The number of nitrogens with one attached hydrogen (secondary N) is 1. The van der Waals surface area contributed by atoms with Crippen molar-refractivity contribution in [1.29, 1.82) is 0 Å². The molecule has 1 N–H and O–H groups in total. The lowest BCUT2D eigenvalue weighted by atomic mass is 9.98. The van der Waals surface area contributed by atoms with Crippen molar-refractivity contribution in [3.05, 3.63) is 67.6 Å². The number of rotatable bonds is 3. The zero-order valence-electron chi connectivity index (χ0n) is 10.4. The van der Waals surface area contributed by atoms with E-state index in [9.17, 15) is 8.78 Å². The molecule has 0 saturated heterocycles. The molecule has 1 nitrogen and oxygen atoms in total. The fourth-order valence-electron chi connectivity index (χ4n) is 1.97. The van der Waals surface area contributed by atoms with E-state index in [4.69, 9.17) is 23.2 Å². The lowest BCUT2D eigenvalue weighted by molar-refractivity contribution is 0.555. The van der Waals surface area contributed by atoms with Crippen LogP contribution in [0.5, 0.6) is 0 Å². The van der Waals surface area contributed by atoms with Gasteiger partial charge in [0.15, 0.2) is 0 Å². The Labute approximate surface area is 134 Å². The van der Waals surface area contributed by atoms with Gasteiger partial charge in [-0.1, -0.05) is 23.2 Å². The lowest BCUT2D eigenvalue weighted by Crippen LogP contribution is -2.19. The largest absolute Gasteiger partial charge is 0.309 e. The summed E-state index contributed by atoms with van der Waals surface area (Å²) >= 11 is 15.0. The van der Waals surface area contributed by atoms with E-state index >= 15 is 0 Å². The van der Waals surface area contributed by atoms with Crippen LogP contribution in [0.1, 0.15) is 17.2 Å². The number of halogens is 5.